The molecule has 0 N–H and O–H groups in total. The van der Waals surface area contributed by atoms with Crippen molar-refractivity contribution in [1.82, 2.24) is 24.5 Å². The first-order valence-electron chi connectivity index (χ1n) is 9.51. The molecule has 8 heteroatoms. The fraction of sp³-hybridized carbons (Fsp3) is 0.450. The summed E-state index contributed by atoms with van der Waals surface area (Å²) in [6, 6.07) is 5.56. The zero-order valence-corrected chi connectivity index (χ0v) is 17.5. The molecule has 1 aromatic carbocycles. The van der Waals surface area contributed by atoms with Gasteiger partial charge in [0.2, 0.25) is 0 Å². The highest BCUT2D eigenvalue weighted by atomic mass is 79.9. The topological polar surface area (TPSA) is 82.7 Å². The van der Waals surface area contributed by atoms with Crippen LogP contribution in [-0.4, -0.2) is 30.3 Å². The fourth-order valence-corrected chi connectivity index (χ4v) is 4.23. The van der Waals surface area contributed by atoms with Gasteiger partial charge in [-0.2, -0.15) is 5.10 Å². The molecular formula is C20H22BrN5O2. The summed E-state index contributed by atoms with van der Waals surface area (Å²) in [5.41, 5.74) is 0.612. The number of hydrogen-bond acceptors (Lipinski definition) is 5. The molecule has 1 aliphatic heterocycles. The first-order valence-corrected chi connectivity index (χ1v) is 10.3. The minimum atomic E-state index is -0.218. The van der Waals surface area contributed by atoms with Crippen LogP contribution in [0.2, 0.25) is 0 Å². The third-order valence-electron chi connectivity index (χ3n) is 5.27. The third-order valence-corrected chi connectivity index (χ3v) is 5.76. The van der Waals surface area contributed by atoms with Crippen LogP contribution in [0.15, 0.2) is 33.8 Å². The number of fused-ring (bicyclic) bond motifs is 2. The molecule has 0 amide bonds. The number of carbonyl (C=O) groups is 1. The molecule has 3 aromatic rings. The van der Waals surface area contributed by atoms with E-state index in [-0.39, 0.29) is 29.7 Å². The molecule has 0 aliphatic carbocycles. The molecule has 146 valence electrons. The predicted octanol–water partition coefficient (Wildman–Crippen LogP) is 3.10. The zero-order valence-electron chi connectivity index (χ0n) is 15.9. The van der Waals surface area contributed by atoms with Gasteiger partial charge < -0.3 is 4.57 Å². The molecule has 1 atom stereocenters. The predicted molar refractivity (Wildman–Crippen MR) is 109 cm³/mol. The van der Waals surface area contributed by atoms with Gasteiger partial charge in [-0.15, -0.1) is 10.2 Å². The Balaban J connectivity index is 1.57. The summed E-state index contributed by atoms with van der Waals surface area (Å²) in [5.74, 6) is 1.39. The van der Waals surface area contributed by atoms with Crippen LogP contribution in [0.1, 0.15) is 44.1 Å². The Morgan fingerprint density at radius 2 is 2.14 bits per heavy atom. The van der Waals surface area contributed by atoms with Gasteiger partial charge in [-0.05, 0) is 36.5 Å². The highest BCUT2D eigenvalue weighted by molar-refractivity contribution is 9.10. The molecule has 0 radical (unpaired) electrons. The van der Waals surface area contributed by atoms with Gasteiger partial charge in [0.15, 0.2) is 5.78 Å². The Morgan fingerprint density at radius 1 is 1.32 bits per heavy atom. The Hall–Kier alpha value is -2.35. The third kappa shape index (κ3) is 3.65. The van der Waals surface area contributed by atoms with Gasteiger partial charge in [0, 0.05) is 29.2 Å². The van der Waals surface area contributed by atoms with Crippen molar-refractivity contribution in [1.29, 1.82) is 0 Å². The van der Waals surface area contributed by atoms with Crippen molar-refractivity contribution in [2.24, 2.45) is 5.92 Å². The Kier molecular flexibility index (Phi) is 5.14. The van der Waals surface area contributed by atoms with Crippen LogP contribution in [-0.2, 0) is 24.3 Å². The molecule has 2 aromatic heterocycles. The second kappa shape index (κ2) is 7.58. The van der Waals surface area contributed by atoms with Crippen molar-refractivity contribution < 1.29 is 4.79 Å². The lowest BCUT2D eigenvalue weighted by molar-refractivity contribution is -0.121. The van der Waals surface area contributed by atoms with E-state index in [4.69, 9.17) is 0 Å². The molecule has 7 nitrogen and oxygen atoms in total. The summed E-state index contributed by atoms with van der Waals surface area (Å²) >= 11 is 3.46. The number of nitrogens with zero attached hydrogens (tertiary/aromatic N) is 5. The molecule has 4 rings (SSSR count). The minimum absolute atomic E-state index is 0.0100. The van der Waals surface area contributed by atoms with E-state index in [2.05, 4.69) is 31.2 Å². The van der Waals surface area contributed by atoms with E-state index in [9.17, 15) is 9.59 Å². The monoisotopic (exact) mass is 443 g/mol. The fourth-order valence-electron chi connectivity index (χ4n) is 3.86. The smallest absolute Gasteiger partial charge is 0.275 e. The summed E-state index contributed by atoms with van der Waals surface area (Å²) in [7, 11) is 0. The van der Waals surface area contributed by atoms with Gasteiger partial charge in [0.25, 0.3) is 5.56 Å². The summed E-state index contributed by atoms with van der Waals surface area (Å²) in [4.78, 5) is 25.6. The number of benzene rings is 1. The average Bonchev–Trinajstić information content (AvgIpc) is 3.11. The van der Waals surface area contributed by atoms with Crippen molar-refractivity contribution >= 4 is 32.5 Å². The molecule has 0 saturated carbocycles. The van der Waals surface area contributed by atoms with Gasteiger partial charge in [-0.1, -0.05) is 29.8 Å². The highest BCUT2D eigenvalue weighted by Crippen LogP contribution is 2.25. The lowest BCUT2D eigenvalue weighted by Gasteiger charge is -2.22. The first kappa shape index (κ1) is 19.0. The van der Waals surface area contributed by atoms with Crippen LogP contribution < -0.4 is 5.56 Å². The summed E-state index contributed by atoms with van der Waals surface area (Å²) < 4.78 is 4.25. The van der Waals surface area contributed by atoms with E-state index >= 15 is 0 Å². The molecule has 0 spiro atoms. The lowest BCUT2D eigenvalue weighted by Crippen LogP contribution is -2.30. The second-order valence-electron chi connectivity index (χ2n) is 7.74. The summed E-state index contributed by atoms with van der Waals surface area (Å²) in [5, 5.41) is 14.0. The van der Waals surface area contributed by atoms with Crippen LogP contribution in [0.5, 0.6) is 0 Å². The number of carbonyl (C=O) groups excluding carboxylic acids is 1. The Morgan fingerprint density at radius 3 is 2.93 bits per heavy atom. The SMILES string of the molecule is CC(C)c1nn(CC(=O)CC2CCc3nncn3C2)c(=O)c2ccc(Br)cc12. The average molecular weight is 444 g/mol. The van der Waals surface area contributed by atoms with Crippen LogP contribution in [0.25, 0.3) is 10.8 Å². The van der Waals surface area contributed by atoms with Gasteiger partial charge in [0.1, 0.15) is 18.7 Å². The van der Waals surface area contributed by atoms with E-state index in [1.54, 1.807) is 12.4 Å². The maximum atomic E-state index is 12.9. The molecule has 0 saturated heterocycles. The highest BCUT2D eigenvalue weighted by Gasteiger charge is 2.23. The molecule has 1 aliphatic rings. The van der Waals surface area contributed by atoms with Crippen LogP contribution in [0.3, 0.4) is 0 Å². The number of hydrogen-bond donors (Lipinski definition) is 0. The lowest BCUT2D eigenvalue weighted by atomic mass is 9.94. The summed E-state index contributed by atoms with van der Waals surface area (Å²) in [6.07, 6.45) is 3.89. The largest absolute Gasteiger partial charge is 0.317 e. The van der Waals surface area contributed by atoms with E-state index < -0.39 is 0 Å². The van der Waals surface area contributed by atoms with Gasteiger partial charge in [-0.25, -0.2) is 4.68 Å². The van der Waals surface area contributed by atoms with Crippen molar-refractivity contribution in [3.05, 3.63) is 50.9 Å². The van der Waals surface area contributed by atoms with E-state index in [0.717, 1.165) is 40.8 Å². The molecule has 28 heavy (non-hydrogen) atoms. The van der Waals surface area contributed by atoms with Gasteiger partial charge in [0.05, 0.1) is 11.1 Å². The number of ketones is 1. The number of halogens is 1. The van der Waals surface area contributed by atoms with Crippen molar-refractivity contribution in [3.8, 4) is 0 Å². The van der Waals surface area contributed by atoms with Crippen molar-refractivity contribution in [2.45, 2.75) is 52.1 Å². The van der Waals surface area contributed by atoms with Crippen LogP contribution in [0, 0.1) is 5.92 Å². The molecule has 1 unspecified atom stereocenters. The van der Waals surface area contributed by atoms with Crippen LogP contribution in [0.4, 0.5) is 0 Å². The number of aryl methyl sites for hydroxylation is 1. The molecular weight excluding hydrogens is 422 g/mol. The normalized spacial score (nSPS) is 16.5. The van der Waals surface area contributed by atoms with E-state index in [0.29, 0.717) is 11.8 Å². The molecule has 3 heterocycles. The quantitative estimate of drug-likeness (QED) is 0.604. The molecule has 0 fully saturated rings. The number of aromatic nitrogens is 5. The van der Waals surface area contributed by atoms with Gasteiger partial charge >= 0.3 is 0 Å². The standard InChI is InChI=1S/C20H22BrN5O2/c1-12(2)19-17-8-14(21)4-5-16(17)20(28)26(24-19)10-15(27)7-13-3-6-18-23-22-11-25(18)9-13/h4-5,8,11-13H,3,6-7,9-10H2,1-2H3. The Labute approximate surface area is 170 Å². The first-order chi connectivity index (χ1) is 13.4. The maximum Gasteiger partial charge on any atom is 0.275 e. The minimum Gasteiger partial charge on any atom is -0.317 e. The van der Waals surface area contributed by atoms with Crippen molar-refractivity contribution in [2.75, 3.05) is 0 Å². The van der Waals surface area contributed by atoms with Crippen LogP contribution >= 0.6 is 15.9 Å². The van der Waals surface area contributed by atoms with Crippen molar-refractivity contribution in [3.63, 3.8) is 0 Å². The zero-order chi connectivity index (χ0) is 19.8. The second-order valence-corrected chi connectivity index (χ2v) is 8.66. The maximum absolute atomic E-state index is 12.9. The number of Topliss-reactive ketones (excluding diaryl/α,β-unsaturated/α-hetero) is 1. The van der Waals surface area contributed by atoms with Gasteiger partial charge in [-0.3, -0.25) is 9.59 Å². The molecule has 0 bridgehead atoms. The van der Waals surface area contributed by atoms with E-state index in [1.807, 2.05) is 30.5 Å². The number of rotatable bonds is 5. The van der Waals surface area contributed by atoms with E-state index in [1.165, 1.54) is 4.68 Å². The Bertz CT molecular complexity index is 1100. The summed E-state index contributed by atoms with van der Waals surface area (Å²) in [6.45, 7) is 4.84.